The molecular weight excluding hydrogens is 492 g/mol. The van der Waals surface area contributed by atoms with Crippen molar-refractivity contribution in [2.24, 2.45) is 5.41 Å². The van der Waals surface area contributed by atoms with Crippen LogP contribution in [0.1, 0.15) is 51.2 Å². The van der Waals surface area contributed by atoms with E-state index in [9.17, 15) is 14.4 Å². The lowest BCUT2D eigenvalue weighted by Gasteiger charge is -2.39. The molecule has 186 valence electrons. The van der Waals surface area contributed by atoms with Crippen molar-refractivity contribution in [3.8, 4) is 0 Å². The van der Waals surface area contributed by atoms with Crippen molar-refractivity contribution in [1.82, 2.24) is 10.2 Å². The number of fused-ring (bicyclic) bond motifs is 2. The normalized spacial score (nSPS) is 25.5. The van der Waals surface area contributed by atoms with Crippen LogP contribution in [0.2, 0.25) is 10.0 Å². The molecule has 6 nitrogen and oxygen atoms in total. The smallest absolute Gasteiger partial charge is 0.243 e. The van der Waals surface area contributed by atoms with Gasteiger partial charge in [0.05, 0.1) is 11.1 Å². The van der Waals surface area contributed by atoms with Gasteiger partial charge in [0.2, 0.25) is 17.7 Å². The summed E-state index contributed by atoms with van der Waals surface area (Å²) in [6.45, 7) is 7.36. The number of halogens is 3. The third kappa shape index (κ3) is 3.89. The van der Waals surface area contributed by atoms with Crippen LogP contribution in [0.15, 0.2) is 36.4 Å². The molecule has 2 aromatic rings. The summed E-state index contributed by atoms with van der Waals surface area (Å²) in [6, 6.07) is 7.66. The van der Waals surface area contributed by atoms with Crippen molar-refractivity contribution in [3.63, 3.8) is 0 Å². The Bertz CT molecular complexity index is 1230. The number of benzene rings is 2. The molecule has 1 saturated heterocycles. The van der Waals surface area contributed by atoms with Gasteiger partial charge in [0, 0.05) is 30.6 Å². The fourth-order valence-corrected chi connectivity index (χ4v) is 6.21. The van der Waals surface area contributed by atoms with Gasteiger partial charge in [-0.2, -0.15) is 0 Å². The third-order valence-corrected chi connectivity index (χ3v) is 7.55. The fraction of sp³-hybridized carbons (Fsp3) is 0.423. The van der Waals surface area contributed by atoms with Crippen LogP contribution in [0.5, 0.6) is 0 Å². The van der Waals surface area contributed by atoms with Gasteiger partial charge in [0.1, 0.15) is 17.3 Å². The van der Waals surface area contributed by atoms with Crippen LogP contribution in [0, 0.1) is 11.2 Å². The number of likely N-dealkylation sites (N-methyl/N-ethyl adjacent to an activating group) is 1. The molecule has 0 aromatic heterocycles. The Kier molecular flexibility index (Phi) is 6.39. The molecule has 4 rings (SSSR count). The summed E-state index contributed by atoms with van der Waals surface area (Å²) in [5.74, 6) is -3.05. The van der Waals surface area contributed by atoms with E-state index in [1.165, 1.54) is 31.0 Å². The highest BCUT2D eigenvalue weighted by molar-refractivity contribution is 6.31. The highest BCUT2D eigenvalue weighted by atomic mass is 35.5. The lowest BCUT2D eigenvalue weighted by Crippen LogP contribution is -2.52. The molecule has 2 aliphatic rings. The lowest BCUT2D eigenvalue weighted by molar-refractivity contribution is -0.139. The molecule has 2 aromatic carbocycles. The highest BCUT2D eigenvalue weighted by Gasteiger charge is 2.69. The summed E-state index contributed by atoms with van der Waals surface area (Å²) in [5.41, 5.74) is -0.637. The molecule has 0 saturated carbocycles. The van der Waals surface area contributed by atoms with E-state index < -0.39 is 41.0 Å². The van der Waals surface area contributed by atoms with E-state index in [0.29, 0.717) is 22.7 Å². The van der Waals surface area contributed by atoms with Crippen molar-refractivity contribution in [2.45, 2.75) is 57.5 Å². The maximum atomic E-state index is 15.7. The van der Waals surface area contributed by atoms with E-state index in [1.807, 2.05) is 20.8 Å². The number of nitrogens with one attached hydrogen (secondary N) is 2. The Morgan fingerprint density at radius 2 is 1.89 bits per heavy atom. The number of amides is 3. The fourth-order valence-electron chi connectivity index (χ4n) is 5.85. The number of carbonyl (C=O) groups is 3. The lowest BCUT2D eigenvalue weighted by atomic mass is 9.62. The standard InChI is InChI=1S/C26H28Cl2FN3O3/c1-13(33)32-19(12-25(2,3)4)26(16-10-9-14(27)11-18(16)31-24(26)35)20(22(32)23(34)30-5)15-7-6-8-17(28)21(15)29/h6-11,19-20,22H,12H2,1-5H3,(H,30,34)(H,31,35). The second-order valence-corrected chi connectivity index (χ2v) is 11.2. The minimum Gasteiger partial charge on any atom is -0.357 e. The zero-order chi connectivity index (χ0) is 25.9. The van der Waals surface area contributed by atoms with Gasteiger partial charge in [-0.3, -0.25) is 14.4 Å². The maximum absolute atomic E-state index is 15.7. The van der Waals surface area contributed by atoms with E-state index in [-0.39, 0.29) is 21.9 Å². The Morgan fingerprint density at radius 3 is 2.49 bits per heavy atom. The Balaban J connectivity index is 2.15. The first-order valence-electron chi connectivity index (χ1n) is 11.4. The molecule has 2 N–H and O–H groups in total. The summed E-state index contributed by atoms with van der Waals surface area (Å²) in [5, 5.41) is 5.82. The SMILES string of the molecule is CNC(=O)C1C(c2cccc(Cl)c2F)C2(C(=O)Nc3cc(Cl)ccc32)C(CC(C)(C)C)N1C(C)=O. The largest absolute Gasteiger partial charge is 0.357 e. The zero-order valence-electron chi connectivity index (χ0n) is 20.2. The molecular formula is C26H28Cl2FN3O3. The van der Waals surface area contributed by atoms with E-state index in [2.05, 4.69) is 10.6 Å². The minimum absolute atomic E-state index is 0.103. The number of hydrogen-bond donors (Lipinski definition) is 2. The molecule has 2 aliphatic heterocycles. The number of nitrogens with zero attached hydrogens (tertiary/aromatic N) is 1. The first-order valence-corrected chi connectivity index (χ1v) is 12.2. The molecule has 4 unspecified atom stereocenters. The predicted octanol–water partition coefficient (Wildman–Crippen LogP) is 4.89. The van der Waals surface area contributed by atoms with E-state index in [0.717, 1.165) is 0 Å². The highest BCUT2D eigenvalue weighted by Crippen LogP contribution is 2.60. The monoisotopic (exact) mass is 519 g/mol. The van der Waals surface area contributed by atoms with Gasteiger partial charge in [-0.1, -0.05) is 62.2 Å². The van der Waals surface area contributed by atoms with Crippen molar-refractivity contribution < 1.29 is 18.8 Å². The molecule has 0 radical (unpaired) electrons. The summed E-state index contributed by atoms with van der Waals surface area (Å²) in [7, 11) is 1.46. The zero-order valence-corrected chi connectivity index (χ0v) is 21.7. The molecule has 3 amide bonds. The van der Waals surface area contributed by atoms with Crippen molar-refractivity contribution in [3.05, 3.63) is 63.4 Å². The van der Waals surface area contributed by atoms with Crippen molar-refractivity contribution in [1.29, 1.82) is 0 Å². The molecule has 0 bridgehead atoms. The number of carbonyl (C=O) groups excluding carboxylic acids is 3. The summed E-state index contributed by atoms with van der Waals surface area (Å²) in [4.78, 5) is 42.2. The van der Waals surface area contributed by atoms with Crippen LogP contribution in [0.3, 0.4) is 0 Å². The van der Waals surface area contributed by atoms with Crippen LogP contribution >= 0.6 is 23.2 Å². The number of anilines is 1. The van der Waals surface area contributed by atoms with Gasteiger partial charge < -0.3 is 15.5 Å². The number of hydrogen-bond acceptors (Lipinski definition) is 3. The van der Waals surface area contributed by atoms with Crippen molar-refractivity contribution >= 4 is 46.6 Å². The quantitative estimate of drug-likeness (QED) is 0.605. The molecule has 2 heterocycles. The van der Waals surface area contributed by atoms with Gasteiger partial charge in [-0.15, -0.1) is 0 Å². The van der Waals surface area contributed by atoms with Crippen LogP contribution in [0.25, 0.3) is 0 Å². The van der Waals surface area contributed by atoms with Crippen LogP contribution in [0.4, 0.5) is 10.1 Å². The van der Waals surface area contributed by atoms with E-state index in [4.69, 9.17) is 23.2 Å². The summed E-state index contributed by atoms with van der Waals surface area (Å²) in [6.07, 6.45) is 0.383. The minimum atomic E-state index is -1.46. The molecule has 1 spiro atoms. The topological polar surface area (TPSA) is 78.5 Å². The average molecular weight is 520 g/mol. The summed E-state index contributed by atoms with van der Waals surface area (Å²) >= 11 is 12.4. The Hall–Kier alpha value is -2.64. The molecule has 0 aliphatic carbocycles. The van der Waals surface area contributed by atoms with Gasteiger partial charge in [-0.25, -0.2) is 4.39 Å². The van der Waals surface area contributed by atoms with Crippen LogP contribution in [-0.2, 0) is 19.8 Å². The summed E-state index contributed by atoms with van der Waals surface area (Å²) < 4.78 is 15.7. The predicted molar refractivity (Wildman–Crippen MR) is 134 cm³/mol. The van der Waals surface area contributed by atoms with E-state index >= 15 is 4.39 Å². The molecule has 4 atom stereocenters. The van der Waals surface area contributed by atoms with Gasteiger partial charge in [-0.05, 0) is 41.2 Å². The van der Waals surface area contributed by atoms with Gasteiger partial charge >= 0.3 is 0 Å². The van der Waals surface area contributed by atoms with Gasteiger partial charge in [0.25, 0.3) is 0 Å². The average Bonchev–Trinajstić information content (AvgIpc) is 3.21. The molecule has 35 heavy (non-hydrogen) atoms. The number of likely N-dealkylation sites (tertiary alicyclic amines) is 1. The van der Waals surface area contributed by atoms with Gasteiger partial charge in [0.15, 0.2) is 0 Å². The van der Waals surface area contributed by atoms with Crippen molar-refractivity contribution in [2.75, 3.05) is 12.4 Å². The third-order valence-electron chi connectivity index (χ3n) is 7.02. The molecule has 9 heteroatoms. The van der Waals surface area contributed by atoms with E-state index in [1.54, 1.807) is 24.3 Å². The first kappa shape index (κ1) is 25.5. The van der Waals surface area contributed by atoms with Crippen LogP contribution in [-0.4, -0.2) is 41.8 Å². The Morgan fingerprint density at radius 1 is 1.20 bits per heavy atom. The maximum Gasteiger partial charge on any atom is 0.243 e. The molecule has 1 fully saturated rings. The first-order chi connectivity index (χ1) is 16.3. The second kappa shape index (κ2) is 8.79. The number of rotatable bonds is 3. The van der Waals surface area contributed by atoms with Crippen LogP contribution < -0.4 is 10.6 Å². The second-order valence-electron chi connectivity index (χ2n) is 10.4. The Labute approximate surface area is 214 Å².